The van der Waals surface area contributed by atoms with Gasteiger partial charge in [0.25, 0.3) is 0 Å². The van der Waals surface area contributed by atoms with Crippen LogP contribution >= 0.6 is 0 Å². The van der Waals surface area contributed by atoms with Crippen LogP contribution in [0.4, 0.5) is 0 Å². The fraction of sp³-hybridized carbons (Fsp3) is 0.350. The second-order valence-electron chi connectivity index (χ2n) is 6.17. The number of hydrogen-bond acceptors (Lipinski definition) is 2. The van der Waals surface area contributed by atoms with E-state index >= 15 is 0 Å². The van der Waals surface area contributed by atoms with Gasteiger partial charge in [-0.15, -0.1) is 0 Å². The van der Waals surface area contributed by atoms with Crippen LogP contribution in [0, 0.1) is 5.92 Å². The van der Waals surface area contributed by atoms with Crippen molar-refractivity contribution in [1.82, 2.24) is 0 Å². The highest BCUT2D eigenvalue weighted by molar-refractivity contribution is 5.64. The molecule has 0 aromatic heterocycles. The number of carbonyl (C=O) groups excluding carboxylic acids is 1. The van der Waals surface area contributed by atoms with Gasteiger partial charge in [0.15, 0.2) is 0 Å². The molecule has 2 aromatic rings. The SMILES string of the molecule is C[C@H](CC(=O)[O-])Cc1ccccc1.C[C@H]([NH3+])Cc1ccccc1. The van der Waals surface area contributed by atoms with Crippen LogP contribution in [0.25, 0.3) is 0 Å². The number of carbonyl (C=O) groups is 1. The van der Waals surface area contributed by atoms with Crippen LogP contribution in [0.3, 0.4) is 0 Å². The summed E-state index contributed by atoms with van der Waals surface area (Å²) in [6, 6.07) is 20.9. The molecule has 3 nitrogen and oxygen atoms in total. The summed E-state index contributed by atoms with van der Waals surface area (Å²) in [5, 5.41) is 10.3. The maximum atomic E-state index is 10.3. The number of hydrogen-bond donors (Lipinski definition) is 1. The van der Waals surface area contributed by atoms with E-state index in [0.717, 1.165) is 12.8 Å². The third-order valence-electron chi connectivity index (χ3n) is 3.37. The molecule has 0 spiro atoms. The molecule has 0 saturated heterocycles. The lowest BCUT2D eigenvalue weighted by atomic mass is 9.98. The fourth-order valence-electron chi connectivity index (χ4n) is 2.39. The first-order valence-electron chi connectivity index (χ1n) is 8.08. The summed E-state index contributed by atoms with van der Waals surface area (Å²) in [7, 11) is 0. The van der Waals surface area contributed by atoms with Crippen LogP contribution in [0.2, 0.25) is 0 Å². The maximum absolute atomic E-state index is 10.3. The number of carboxylic acids is 1. The normalized spacial score (nSPS) is 12.7. The Morgan fingerprint density at radius 1 is 0.913 bits per heavy atom. The summed E-state index contributed by atoms with van der Waals surface area (Å²) in [6.45, 7) is 4.05. The van der Waals surface area contributed by atoms with E-state index in [1.54, 1.807) is 0 Å². The highest BCUT2D eigenvalue weighted by atomic mass is 16.4. The summed E-state index contributed by atoms with van der Waals surface area (Å²) < 4.78 is 0. The van der Waals surface area contributed by atoms with Crippen molar-refractivity contribution in [3.05, 3.63) is 71.8 Å². The van der Waals surface area contributed by atoms with Gasteiger partial charge >= 0.3 is 0 Å². The first-order valence-corrected chi connectivity index (χ1v) is 8.08. The van der Waals surface area contributed by atoms with E-state index in [0.29, 0.717) is 6.04 Å². The first-order chi connectivity index (χ1) is 11.0. The summed E-state index contributed by atoms with van der Waals surface area (Å²) in [5.41, 5.74) is 6.49. The highest BCUT2D eigenvalue weighted by Crippen LogP contribution is 2.10. The molecule has 23 heavy (non-hydrogen) atoms. The van der Waals surface area contributed by atoms with E-state index < -0.39 is 5.97 Å². The van der Waals surface area contributed by atoms with Gasteiger partial charge in [-0.2, -0.15) is 0 Å². The first kappa shape index (κ1) is 18.9. The van der Waals surface area contributed by atoms with Crippen molar-refractivity contribution in [3.63, 3.8) is 0 Å². The van der Waals surface area contributed by atoms with Crippen LogP contribution in [0.1, 0.15) is 31.4 Å². The number of rotatable bonds is 6. The highest BCUT2D eigenvalue weighted by Gasteiger charge is 2.03. The molecule has 0 aliphatic heterocycles. The molecule has 0 unspecified atom stereocenters. The number of aliphatic carboxylic acids is 1. The Morgan fingerprint density at radius 2 is 1.35 bits per heavy atom. The molecule has 3 N–H and O–H groups in total. The summed E-state index contributed by atoms with van der Waals surface area (Å²) in [5.74, 6) is -0.823. The van der Waals surface area contributed by atoms with Gasteiger partial charge in [-0.1, -0.05) is 67.6 Å². The molecular weight excluding hydrogens is 286 g/mol. The number of benzene rings is 2. The van der Waals surface area contributed by atoms with E-state index in [1.807, 2.05) is 43.3 Å². The lowest BCUT2D eigenvalue weighted by Gasteiger charge is -2.11. The van der Waals surface area contributed by atoms with Gasteiger partial charge in [0.05, 0.1) is 6.04 Å². The van der Waals surface area contributed by atoms with Crippen LogP contribution in [-0.2, 0) is 17.6 Å². The zero-order chi connectivity index (χ0) is 17.1. The fourth-order valence-corrected chi connectivity index (χ4v) is 2.39. The number of quaternary nitrogens is 1. The molecule has 0 heterocycles. The Labute approximate surface area is 139 Å². The van der Waals surface area contributed by atoms with E-state index in [1.165, 1.54) is 11.1 Å². The molecule has 2 aromatic carbocycles. The van der Waals surface area contributed by atoms with Crippen LogP contribution < -0.4 is 10.8 Å². The predicted molar refractivity (Wildman–Crippen MR) is 91.4 cm³/mol. The van der Waals surface area contributed by atoms with E-state index in [-0.39, 0.29) is 12.3 Å². The Balaban J connectivity index is 0.000000238. The number of carboxylic acid groups (broad SMARTS) is 1. The van der Waals surface area contributed by atoms with Gasteiger partial charge in [0.1, 0.15) is 0 Å². The summed E-state index contributed by atoms with van der Waals surface area (Å²) in [6.07, 6.45) is 2.02. The van der Waals surface area contributed by atoms with Gasteiger partial charge in [-0.3, -0.25) is 0 Å². The molecule has 0 bridgehead atoms. The van der Waals surface area contributed by atoms with Crippen molar-refractivity contribution in [2.24, 2.45) is 5.92 Å². The molecule has 0 saturated carbocycles. The molecule has 0 radical (unpaired) electrons. The van der Waals surface area contributed by atoms with Crippen LogP contribution in [-0.4, -0.2) is 12.0 Å². The molecule has 3 heteroatoms. The Kier molecular flexibility index (Phi) is 8.70. The molecule has 2 atom stereocenters. The average molecular weight is 313 g/mol. The molecule has 0 fully saturated rings. The van der Waals surface area contributed by atoms with Crippen molar-refractivity contribution in [3.8, 4) is 0 Å². The summed E-state index contributed by atoms with van der Waals surface area (Å²) >= 11 is 0. The Bertz CT molecular complexity index is 552. The predicted octanol–water partition coefficient (Wildman–Crippen LogP) is 1.86. The lowest BCUT2D eigenvalue weighted by Crippen LogP contribution is -2.60. The van der Waals surface area contributed by atoms with E-state index in [4.69, 9.17) is 0 Å². The van der Waals surface area contributed by atoms with Gasteiger partial charge < -0.3 is 15.6 Å². The van der Waals surface area contributed by atoms with Crippen LogP contribution in [0.5, 0.6) is 0 Å². The average Bonchev–Trinajstić information content (AvgIpc) is 2.48. The topological polar surface area (TPSA) is 67.8 Å². The third-order valence-corrected chi connectivity index (χ3v) is 3.37. The van der Waals surface area contributed by atoms with E-state index in [9.17, 15) is 9.90 Å². The minimum absolute atomic E-state index is 0.134. The second-order valence-corrected chi connectivity index (χ2v) is 6.17. The van der Waals surface area contributed by atoms with Crippen molar-refractivity contribution in [2.75, 3.05) is 0 Å². The molecule has 2 rings (SSSR count). The van der Waals surface area contributed by atoms with Crippen molar-refractivity contribution >= 4 is 5.97 Å². The minimum Gasteiger partial charge on any atom is -0.550 e. The second kappa shape index (κ2) is 10.6. The lowest BCUT2D eigenvalue weighted by molar-refractivity contribution is -0.413. The van der Waals surface area contributed by atoms with Crippen molar-refractivity contribution < 1.29 is 15.6 Å². The van der Waals surface area contributed by atoms with E-state index in [2.05, 4.69) is 36.9 Å². The van der Waals surface area contributed by atoms with Gasteiger partial charge in [0.2, 0.25) is 0 Å². The van der Waals surface area contributed by atoms with Crippen molar-refractivity contribution in [2.45, 2.75) is 39.2 Å². The van der Waals surface area contributed by atoms with Crippen LogP contribution in [0.15, 0.2) is 60.7 Å². The smallest absolute Gasteiger partial charge is 0.0855 e. The largest absolute Gasteiger partial charge is 0.550 e. The molecule has 0 aliphatic rings. The molecule has 0 amide bonds. The monoisotopic (exact) mass is 313 g/mol. The zero-order valence-corrected chi connectivity index (χ0v) is 14.1. The third kappa shape index (κ3) is 9.48. The Morgan fingerprint density at radius 3 is 1.74 bits per heavy atom. The van der Waals surface area contributed by atoms with Gasteiger partial charge in [0, 0.05) is 12.4 Å². The van der Waals surface area contributed by atoms with Gasteiger partial charge in [-0.25, -0.2) is 0 Å². The summed E-state index contributed by atoms with van der Waals surface area (Å²) in [4.78, 5) is 10.3. The molecular formula is C20H27NO2. The minimum atomic E-state index is -0.969. The quantitative estimate of drug-likeness (QED) is 0.884. The molecule has 124 valence electrons. The van der Waals surface area contributed by atoms with Gasteiger partial charge in [-0.05, 0) is 36.8 Å². The Hall–Kier alpha value is -2.13. The van der Waals surface area contributed by atoms with Crippen molar-refractivity contribution in [1.29, 1.82) is 0 Å². The standard InChI is InChI=1S/C11H14O2.C9H13N/c1-9(8-11(12)13)7-10-5-3-2-4-6-10;1-8(10)7-9-5-3-2-4-6-9/h2-6,9H,7-8H2,1H3,(H,12,13);2-6,8H,7,10H2,1H3/t9-;8-/m00/s1. The zero-order valence-electron chi connectivity index (χ0n) is 14.1. The molecule has 0 aliphatic carbocycles. The maximum Gasteiger partial charge on any atom is 0.0855 e.